The molecule has 2 aliphatic rings. The summed E-state index contributed by atoms with van der Waals surface area (Å²) in [6.07, 6.45) is 5.19. The first-order valence-corrected chi connectivity index (χ1v) is 6.96. The highest BCUT2D eigenvalue weighted by Crippen LogP contribution is 2.28. The summed E-state index contributed by atoms with van der Waals surface area (Å²) in [5.41, 5.74) is 0. The van der Waals surface area contributed by atoms with E-state index in [1.54, 1.807) is 0 Å². The number of nitrogens with one attached hydrogen (secondary N) is 2. The van der Waals surface area contributed by atoms with Crippen LogP contribution >= 0.6 is 0 Å². The van der Waals surface area contributed by atoms with Crippen molar-refractivity contribution in [3.05, 3.63) is 0 Å². The van der Waals surface area contributed by atoms with E-state index in [1.165, 1.54) is 19.3 Å². The Morgan fingerprint density at radius 2 is 2.29 bits per heavy atom. The lowest BCUT2D eigenvalue weighted by molar-refractivity contribution is 0.106. The van der Waals surface area contributed by atoms with Crippen LogP contribution in [0.2, 0.25) is 0 Å². The minimum absolute atomic E-state index is 0.446. The highest BCUT2D eigenvalue weighted by atomic mass is 16.5. The van der Waals surface area contributed by atoms with Crippen molar-refractivity contribution in [2.75, 3.05) is 19.7 Å². The summed E-state index contributed by atoms with van der Waals surface area (Å²) in [6.45, 7) is 7.10. The van der Waals surface area contributed by atoms with Crippen LogP contribution in [0.4, 0.5) is 0 Å². The maximum Gasteiger partial charge on any atom is 0.191 e. The van der Waals surface area contributed by atoms with Crippen LogP contribution in [-0.2, 0) is 4.74 Å². The largest absolute Gasteiger partial charge is 0.378 e. The van der Waals surface area contributed by atoms with Crippen molar-refractivity contribution in [1.82, 2.24) is 10.6 Å². The van der Waals surface area contributed by atoms with Crippen LogP contribution in [0.5, 0.6) is 0 Å². The molecule has 0 spiro atoms. The topological polar surface area (TPSA) is 45.7 Å². The van der Waals surface area contributed by atoms with Gasteiger partial charge < -0.3 is 15.4 Å². The molecule has 0 bridgehead atoms. The summed E-state index contributed by atoms with van der Waals surface area (Å²) in [5.74, 6) is 1.77. The number of rotatable bonds is 5. The van der Waals surface area contributed by atoms with Gasteiger partial charge in [0.25, 0.3) is 0 Å². The van der Waals surface area contributed by atoms with Crippen molar-refractivity contribution in [3.8, 4) is 0 Å². The molecule has 0 aromatic carbocycles. The zero-order valence-electron chi connectivity index (χ0n) is 11.0. The molecule has 1 heterocycles. The van der Waals surface area contributed by atoms with Gasteiger partial charge in [0, 0.05) is 25.7 Å². The van der Waals surface area contributed by atoms with E-state index in [1.807, 2.05) is 0 Å². The Bertz CT molecular complexity index is 261. The lowest BCUT2D eigenvalue weighted by Crippen LogP contribution is -2.39. The Morgan fingerprint density at radius 3 is 2.88 bits per heavy atom. The first-order chi connectivity index (χ1) is 8.29. The third kappa shape index (κ3) is 4.19. The standard InChI is InChI=1S/C13H25N3O/c1-3-14-13(16-12-9-10(12)2)15-7-6-11-5-4-8-17-11/h10-12H,3-9H2,1-2H3,(H2,14,15,16). The molecule has 0 radical (unpaired) electrons. The lowest BCUT2D eigenvalue weighted by Gasteiger charge is -2.12. The van der Waals surface area contributed by atoms with Gasteiger partial charge in [0.1, 0.15) is 0 Å². The fourth-order valence-corrected chi connectivity index (χ4v) is 2.21. The molecule has 3 atom stereocenters. The van der Waals surface area contributed by atoms with Gasteiger partial charge in [-0.2, -0.15) is 0 Å². The molecule has 2 N–H and O–H groups in total. The summed E-state index contributed by atoms with van der Waals surface area (Å²) >= 11 is 0. The highest BCUT2D eigenvalue weighted by Gasteiger charge is 2.33. The van der Waals surface area contributed by atoms with Crippen molar-refractivity contribution >= 4 is 5.96 Å². The number of aliphatic imine (C=N–C) groups is 1. The molecule has 1 saturated carbocycles. The summed E-state index contributed by atoms with van der Waals surface area (Å²) in [7, 11) is 0. The van der Waals surface area contributed by atoms with Gasteiger partial charge in [0.05, 0.1) is 6.10 Å². The first-order valence-electron chi connectivity index (χ1n) is 6.96. The summed E-state index contributed by atoms with van der Waals surface area (Å²) < 4.78 is 5.60. The van der Waals surface area contributed by atoms with Gasteiger partial charge in [-0.3, -0.25) is 4.99 Å². The van der Waals surface area contributed by atoms with E-state index in [0.29, 0.717) is 12.1 Å². The van der Waals surface area contributed by atoms with Crippen LogP contribution < -0.4 is 10.6 Å². The normalized spacial score (nSPS) is 32.6. The quantitative estimate of drug-likeness (QED) is 0.565. The molecule has 0 aromatic heterocycles. The van der Waals surface area contributed by atoms with E-state index in [2.05, 4.69) is 29.5 Å². The SMILES string of the molecule is CCNC(=NCCC1CCCO1)NC1CC1C. The van der Waals surface area contributed by atoms with Gasteiger partial charge >= 0.3 is 0 Å². The molecule has 3 unspecified atom stereocenters. The zero-order valence-corrected chi connectivity index (χ0v) is 11.0. The van der Waals surface area contributed by atoms with Crippen molar-refractivity contribution in [1.29, 1.82) is 0 Å². The molecular weight excluding hydrogens is 214 g/mol. The average molecular weight is 239 g/mol. The molecule has 1 aliphatic heterocycles. The molecular formula is C13H25N3O. The minimum Gasteiger partial charge on any atom is -0.378 e. The lowest BCUT2D eigenvalue weighted by atomic mass is 10.2. The van der Waals surface area contributed by atoms with Gasteiger partial charge in [0.15, 0.2) is 5.96 Å². The van der Waals surface area contributed by atoms with E-state index < -0.39 is 0 Å². The Kier molecular flexibility index (Phi) is 4.66. The van der Waals surface area contributed by atoms with E-state index in [0.717, 1.165) is 38.0 Å². The fourth-order valence-electron chi connectivity index (χ4n) is 2.21. The number of hydrogen-bond donors (Lipinski definition) is 2. The Hall–Kier alpha value is -0.770. The third-order valence-corrected chi connectivity index (χ3v) is 3.52. The number of ether oxygens (including phenoxy) is 1. The minimum atomic E-state index is 0.446. The van der Waals surface area contributed by atoms with Crippen molar-refractivity contribution in [2.45, 2.75) is 51.7 Å². The molecule has 17 heavy (non-hydrogen) atoms. The maximum atomic E-state index is 5.60. The van der Waals surface area contributed by atoms with Gasteiger partial charge in [-0.15, -0.1) is 0 Å². The first kappa shape index (κ1) is 12.7. The second-order valence-corrected chi connectivity index (χ2v) is 5.15. The smallest absolute Gasteiger partial charge is 0.191 e. The van der Waals surface area contributed by atoms with E-state index in [-0.39, 0.29) is 0 Å². The predicted octanol–water partition coefficient (Wildman–Crippen LogP) is 1.52. The van der Waals surface area contributed by atoms with Crippen molar-refractivity contribution < 1.29 is 4.74 Å². The Morgan fingerprint density at radius 1 is 1.47 bits per heavy atom. The van der Waals surface area contributed by atoms with E-state index in [4.69, 9.17) is 4.74 Å². The van der Waals surface area contributed by atoms with Crippen molar-refractivity contribution in [2.24, 2.45) is 10.9 Å². The van der Waals surface area contributed by atoms with Gasteiger partial charge in [-0.05, 0) is 38.5 Å². The van der Waals surface area contributed by atoms with Crippen LogP contribution in [0.3, 0.4) is 0 Å². The van der Waals surface area contributed by atoms with E-state index in [9.17, 15) is 0 Å². The fraction of sp³-hybridized carbons (Fsp3) is 0.923. The molecule has 1 aliphatic carbocycles. The molecule has 2 rings (SSSR count). The summed E-state index contributed by atoms with van der Waals surface area (Å²) in [6, 6.07) is 0.635. The molecule has 98 valence electrons. The zero-order chi connectivity index (χ0) is 12.1. The van der Waals surface area contributed by atoms with Crippen molar-refractivity contribution in [3.63, 3.8) is 0 Å². The van der Waals surface area contributed by atoms with Gasteiger partial charge in [-0.25, -0.2) is 0 Å². The van der Waals surface area contributed by atoms with Crippen LogP contribution in [-0.4, -0.2) is 37.8 Å². The molecule has 4 heteroatoms. The molecule has 2 fully saturated rings. The molecule has 0 amide bonds. The number of guanidine groups is 1. The predicted molar refractivity (Wildman–Crippen MR) is 70.3 cm³/mol. The second-order valence-electron chi connectivity index (χ2n) is 5.15. The Labute approximate surface area is 104 Å². The monoisotopic (exact) mass is 239 g/mol. The Balaban J connectivity index is 1.69. The van der Waals surface area contributed by atoms with Crippen LogP contribution in [0.15, 0.2) is 4.99 Å². The average Bonchev–Trinajstić information content (AvgIpc) is 2.81. The summed E-state index contributed by atoms with van der Waals surface area (Å²) in [5, 5.41) is 6.76. The second kappa shape index (κ2) is 6.24. The van der Waals surface area contributed by atoms with E-state index >= 15 is 0 Å². The van der Waals surface area contributed by atoms with Crippen LogP contribution in [0.1, 0.15) is 39.5 Å². The van der Waals surface area contributed by atoms with Crippen LogP contribution in [0, 0.1) is 5.92 Å². The summed E-state index contributed by atoms with van der Waals surface area (Å²) in [4.78, 5) is 4.61. The maximum absolute atomic E-state index is 5.60. The van der Waals surface area contributed by atoms with Gasteiger partial charge in [-0.1, -0.05) is 6.92 Å². The van der Waals surface area contributed by atoms with Gasteiger partial charge in [0.2, 0.25) is 0 Å². The molecule has 0 aromatic rings. The number of hydrogen-bond acceptors (Lipinski definition) is 2. The number of nitrogens with zero attached hydrogens (tertiary/aromatic N) is 1. The molecule has 4 nitrogen and oxygen atoms in total. The van der Waals surface area contributed by atoms with Crippen LogP contribution in [0.25, 0.3) is 0 Å². The third-order valence-electron chi connectivity index (χ3n) is 3.52. The highest BCUT2D eigenvalue weighted by molar-refractivity contribution is 5.80. The molecule has 1 saturated heterocycles.